The normalized spacial score (nSPS) is 10.2. The molecule has 0 aliphatic rings. The molecule has 0 heterocycles. The van der Waals surface area contributed by atoms with E-state index in [1.807, 2.05) is 30.3 Å². The molecule has 0 radical (unpaired) electrons. The highest BCUT2D eigenvalue weighted by molar-refractivity contribution is 7.80. The van der Waals surface area contributed by atoms with Gasteiger partial charge in [0.2, 0.25) is 5.91 Å². The monoisotopic (exact) mass is 421 g/mol. The Morgan fingerprint density at radius 2 is 1.57 bits per heavy atom. The number of halogens is 1. The van der Waals surface area contributed by atoms with Crippen LogP contribution in [0.3, 0.4) is 0 Å². The van der Waals surface area contributed by atoms with Crippen LogP contribution in [0.5, 0.6) is 0 Å². The van der Waals surface area contributed by atoms with Crippen molar-refractivity contribution in [3.63, 3.8) is 0 Å². The number of rotatable bonds is 6. The molecule has 0 aliphatic heterocycles. The highest BCUT2D eigenvalue weighted by Gasteiger charge is 2.09. The van der Waals surface area contributed by atoms with Gasteiger partial charge in [0, 0.05) is 23.4 Å². The van der Waals surface area contributed by atoms with Crippen molar-refractivity contribution in [1.82, 2.24) is 5.32 Å². The lowest BCUT2D eigenvalue weighted by Crippen LogP contribution is -2.34. The van der Waals surface area contributed by atoms with Gasteiger partial charge in [-0.15, -0.1) is 0 Å². The van der Waals surface area contributed by atoms with Gasteiger partial charge in [-0.2, -0.15) is 0 Å². The Morgan fingerprint density at radius 1 is 0.833 bits per heavy atom. The predicted molar refractivity (Wildman–Crippen MR) is 120 cm³/mol. The Kier molecular flexibility index (Phi) is 7.24. The summed E-state index contributed by atoms with van der Waals surface area (Å²) in [6.45, 7) is 0. The van der Waals surface area contributed by atoms with Crippen molar-refractivity contribution in [3.05, 3.63) is 95.8 Å². The fourth-order valence-electron chi connectivity index (χ4n) is 2.73. The highest BCUT2D eigenvalue weighted by Crippen LogP contribution is 2.14. The summed E-state index contributed by atoms with van der Waals surface area (Å²) in [5.74, 6) is -0.914. The molecule has 0 atom stereocenters. The van der Waals surface area contributed by atoms with Crippen molar-refractivity contribution in [1.29, 1.82) is 0 Å². The number of anilines is 2. The van der Waals surface area contributed by atoms with Crippen LogP contribution in [0.4, 0.5) is 15.8 Å². The molecule has 30 heavy (non-hydrogen) atoms. The molecular formula is C23H20FN3O2S. The van der Waals surface area contributed by atoms with Crippen molar-refractivity contribution in [2.75, 3.05) is 10.6 Å². The van der Waals surface area contributed by atoms with Crippen LogP contribution in [0.2, 0.25) is 0 Å². The van der Waals surface area contributed by atoms with Crippen molar-refractivity contribution >= 4 is 40.5 Å². The van der Waals surface area contributed by atoms with Gasteiger partial charge in [-0.05, 0) is 66.7 Å². The van der Waals surface area contributed by atoms with Crippen LogP contribution in [-0.4, -0.2) is 16.9 Å². The molecular weight excluding hydrogens is 401 g/mol. The number of aryl methyl sites for hydroxylation is 1. The van der Waals surface area contributed by atoms with E-state index >= 15 is 0 Å². The van der Waals surface area contributed by atoms with Crippen LogP contribution in [-0.2, 0) is 11.2 Å². The van der Waals surface area contributed by atoms with E-state index < -0.39 is 0 Å². The number of carbonyl (C=O) groups excluding carboxylic acids is 2. The molecule has 5 nitrogen and oxygen atoms in total. The average molecular weight is 421 g/mol. The van der Waals surface area contributed by atoms with E-state index in [-0.39, 0.29) is 22.7 Å². The zero-order valence-corrected chi connectivity index (χ0v) is 16.8. The first-order valence-corrected chi connectivity index (χ1v) is 9.72. The number of hydrogen-bond acceptors (Lipinski definition) is 3. The van der Waals surface area contributed by atoms with Crippen LogP contribution in [0.25, 0.3) is 0 Å². The van der Waals surface area contributed by atoms with Crippen LogP contribution in [0, 0.1) is 5.82 Å². The van der Waals surface area contributed by atoms with Crippen LogP contribution < -0.4 is 16.0 Å². The van der Waals surface area contributed by atoms with E-state index in [0.717, 1.165) is 5.56 Å². The Balaban J connectivity index is 1.52. The van der Waals surface area contributed by atoms with E-state index in [2.05, 4.69) is 16.0 Å². The third kappa shape index (κ3) is 6.49. The molecule has 152 valence electrons. The lowest BCUT2D eigenvalue weighted by molar-refractivity contribution is -0.119. The maximum Gasteiger partial charge on any atom is 0.255 e. The summed E-state index contributed by atoms with van der Waals surface area (Å²) >= 11 is 5.19. The minimum absolute atomic E-state index is 0.157. The van der Waals surface area contributed by atoms with Crippen LogP contribution >= 0.6 is 12.2 Å². The summed E-state index contributed by atoms with van der Waals surface area (Å²) in [5, 5.41) is 8.40. The molecule has 3 aromatic rings. The third-order valence-corrected chi connectivity index (χ3v) is 4.43. The molecule has 0 saturated carbocycles. The van der Waals surface area contributed by atoms with Gasteiger partial charge in [-0.1, -0.05) is 36.4 Å². The van der Waals surface area contributed by atoms with Gasteiger partial charge in [0.1, 0.15) is 5.82 Å². The third-order valence-electron chi connectivity index (χ3n) is 4.22. The molecule has 0 aromatic heterocycles. The quantitative estimate of drug-likeness (QED) is 0.512. The number of thiocarbonyl (C=S) groups is 1. The molecule has 3 N–H and O–H groups in total. The molecule has 3 aromatic carbocycles. The molecule has 0 bridgehead atoms. The van der Waals surface area contributed by atoms with E-state index in [1.165, 1.54) is 24.3 Å². The molecule has 0 aliphatic carbocycles. The lowest BCUT2D eigenvalue weighted by Gasteiger charge is -2.11. The van der Waals surface area contributed by atoms with Crippen molar-refractivity contribution in [3.8, 4) is 0 Å². The second-order valence-corrected chi connectivity index (χ2v) is 6.94. The average Bonchev–Trinajstić information content (AvgIpc) is 2.74. The summed E-state index contributed by atoms with van der Waals surface area (Å²) in [4.78, 5) is 24.5. The molecule has 7 heteroatoms. The molecule has 0 spiro atoms. The molecule has 0 saturated heterocycles. The van der Waals surface area contributed by atoms with E-state index in [4.69, 9.17) is 12.2 Å². The topological polar surface area (TPSA) is 70.2 Å². The fourth-order valence-corrected chi connectivity index (χ4v) is 2.96. The number of hydrogen-bond donors (Lipinski definition) is 3. The first-order valence-electron chi connectivity index (χ1n) is 9.31. The number of amides is 2. The Bertz CT molecular complexity index is 1040. The zero-order chi connectivity index (χ0) is 21.3. The minimum atomic E-state index is -0.376. The highest BCUT2D eigenvalue weighted by atomic mass is 32.1. The van der Waals surface area contributed by atoms with E-state index in [9.17, 15) is 14.0 Å². The van der Waals surface area contributed by atoms with Gasteiger partial charge in [0.15, 0.2) is 5.11 Å². The molecule has 0 unspecified atom stereocenters. The van der Waals surface area contributed by atoms with Crippen LogP contribution in [0.15, 0.2) is 78.9 Å². The lowest BCUT2D eigenvalue weighted by atomic mass is 10.1. The van der Waals surface area contributed by atoms with E-state index in [1.54, 1.807) is 24.3 Å². The fraction of sp³-hybridized carbons (Fsp3) is 0.0870. The van der Waals surface area contributed by atoms with Gasteiger partial charge in [0.25, 0.3) is 5.91 Å². The smallest absolute Gasteiger partial charge is 0.255 e. The largest absolute Gasteiger partial charge is 0.332 e. The van der Waals surface area contributed by atoms with Gasteiger partial charge < -0.3 is 16.0 Å². The van der Waals surface area contributed by atoms with Gasteiger partial charge in [-0.3, -0.25) is 9.59 Å². The maximum absolute atomic E-state index is 13.0. The molecule has 2 amide bonds. The Labute approximate surface area is 179 Å². The first kappa shape index (κ1) is 21.1. The second kappa shape index (κ2) is 10.3. The minimum Gasteiger partial charge on any atom is -0.332 e. The van der Waals surface area contributed by atoms with Gasteiger partial charge >= 0.3 is 0 Å². The first-order chi connectivity index (χ1) is 14.5. The summed E-state index contributed by atoms with van der Waals surface area (Å²) < 4.78 is 13.0. The summed E-state index contributed by atoms with van der Waals surface area (Å²) in [6, 6.07) is 21.9. The van der Waals surface area contributed by atoms with E-state index in [0.29, 0.717) is 29.8 Å². The maximum atomic E-state index is 13.0. The zero-order valence-electron chi connectivity index (χ0n) is 16.0. The Morgan fingerprint density at radius 3 is 2.30 bits per heavy atom. The predicted octanol–water partition coefficient (Wildman–Crippen LogP) is 4.52. The summed E-state index contributed by atoms with van der Waals surface area (Å²) in [5.41, 5.74) is 2.52. The summed E-state index contributed by atoms with van der Waals surface area (Å²) in [7, 11) is 0. The molecule has 0 fully saturated rings. The number of benzene rings is 3. The van der Waals surface area contributed by atoms with Gasteiger partial charge in [-0.25, -0.2) is 4.39 Å². The van der Waals surface area contributed by atoms with Crippen molar-refractivity contribution in [2.45, 2.75) is 12.8 Å². The van der Waals surface area contributed by atoms with Gasteiger partial charge in [0.05, 0.1) is 0 Å². The standard InChI is InChI=1S/C23H20FN3O2S/c24-18-10-12-19(13-11-18)25-22(29)17-7-4-8-20(15-17)26-23(30)27-21(28)14-9-16-5-2-1-3-6-16/h1-8,10-13,15H,9,14H2,(H,25,29)(H2,26,27,28,30). The second-order valence-electron chi connectivity index (χ2n) is 6.53. The number of nitrogens with one attached hydrogen (secondary N) is 3. The van der Waals surface area contributed by atoms with Crippen molar-refractivity contribution < 1.29 is 14.0 Å². The summed E-state index contributed by atoms with van der Waals surface area (Å²) in [6.07, 6.45) is 0.931. The van der Waals surface area contributed by atoms with Crippen LogP contribution in [0.1, 0.15) is 22.3 Å². The Hall–Kier alpha value is -3.58. The van der Waals surface area contributed by atoms with Crippen molar-refractivity contribution in [2.24, 2.45) is 0 Å². The SMILES string of the molecule is O=C(CCc1ccccc1)NC(=S)Nc1cccc(C(=O)Nc2ccc(F)cc2)c1. The number of carbonyl (C=O) groups is 2. The molecule has 3 rings (SSSR count).